The number of carbonyl (C=O) groups is 1. The summed E-state index contributed by atoms with van der Waals surface area (Å²) in [5, 5.41) is 0. The highest BCUT2D eigenvalue weighted by atomic mass is 16.1. The van der Waals surface area contributed by atoms with Gasteiger partial charge >= 0.3 is 0 Å². The molecule has 1 aliphatic rings. The smallest absolute Gasteiger partial charge is 0.144 e. The van der Waals surface area contributed by atoms with E-state index in [1.807, 2.05) is 6.07 Å². The molecule has 0 radical (unpaired) electrons. The first-order valence-corrected chi connectivity index (χ1v) is 5.10. The lowest BCUT2D eigenvalue weighted by molar-refractivity contribution is -0.123. The van der Waals surface area contributed by atoms with Gasteiger partial charge in [-0.05, 0) is 30.5 Å². The van der Waals surface area contributed by atoms with E-state index in [-0.39, 0.29) is 11.2 Å². The fourth-order valence-electron chi connectivity index (χ4n) is 1.72. The van der Waals surface area contributed by atoms with Gasteiger partial charge in [0.15, 0.2) is 0 Å². The molecule has 80 valence electrons. The van der Waals surface area contributed by atoms with Crippen molar-refractivity contribution < 1.29 is 4.79 Å². The van der Waals surface area contributed by atoms with Gasteiger partial charge in [-0.15, -0.1) is 0 Å². The van der Waals surface area contributed by atoms with Crippen LogP contribution in [-0.2, 0) is 11.2 Å². The van der Waals surface area contributed by atoms with Crippen molar-refractivity contribution >= 4 is 11.6 Å². The number of pyridine rings is 1. The summed E-state index contributed by atoms with van der Waals surface area (Å²) in [7, 11) is 0. The highest BCUT2D eigenvalue weighted by molar-refractivity contribution is 5.89. The summed E-state index contributed by atoms with van der Waals surface area (Å²) < 4.78 is 0. The van der Waals surface area contributed by atoms with E-state index in [0.717, 1.165) is 18.4 Å². The van der Waals surface area contributed by atoms with Crippen LogP contribution in [0.3, 0.4) is 0 Å². The second kappa shape index (κ2) is 3.62. The largest absolute Gasteiger partial charge is 0.384 e. The first-order chi connectivity index (χ1) is 7.16. The molecule has 1 saturated carbocycles. The van der Waals surface area contributed by atoms with Crippen LogP contribution in [0.1, 0.15) is 18.4 Å². The van der Waals surface area contributed by atoms with Crippen LogP contribution in [-0.4, -0.2) is 17.3 Å². The van der Waals surface area contributed by atoms with E-state index in [0.29, 0.717) is 18.8 Å². The molecule has 0 bridgehead atoms. The number of Topliss-reactive ketones (excluding diaryl/α,β-unsaturated/α-hetero) is 1. The van der Waals surface area contributed by atoms with Crippen molar-refractivity contribution in [1.29, 1.82) is 0 Å². The van der Waals surface area contributed by atoms with Gasteiger partial charge in [0, 0.05) is 24.6 Å². The molecule has 1 aliphatic carbocycles. The van der Waals surface area contributed by atoms with Crippen molar-refractivity contribution in [2.24, 2.45) is 11.1 Å². The van der Waals surface area contributed by atoms with Crippen molar-refractivity contribution in [3.05, 3.63) is 23.9 Å². The average molecular weight is 205 g/mol. The molecular weight excluding hydrogens is 190 g/mol. The minimum atomic E-state index is -0.224. The standard InChI is InChI=1S/C11H15N3O/c12-7-11(2-3-11)9(15)5-8-1-4-14-10(13)6-8/h1,4,6H,2-3,5,7,12H2,(H2,13,14). The zero-order valence-electron chi connectivity index (χ0n) is 8.57. The van der Waals surface area contributed by atoms with E-state index in [2.05, 4.69) is 4.98 Å². The molecule has 0 aromatic carbocycles. The Morgan fingerprint density at radius 1 is 1.53 bits per heavy atom. The summed E-state index contributed by atoms with van der Waals surface area (Å²) in [4.78, 5) is 15.8. The molecule has 4 heteroatoms. The lowest BCUT2D eigenvalue weighted by Crippen LogP contribution is -2.26. The van der Waals surface area contributed by atoms with Crippen LogP contribution in [0.25, 0.3) is 0 Å². The Hall–Kier alpha value is -1.42. The molecule has 1 aromatic rings. The van der Waals surface area contributed by atoms with Crippen molar-refractivity contribution in [2.75, 3.05) is 12.3 Å². The summed E-state index contributed by atoms with van der Waals surface area (Å²) >= 11 is 0. The Bertz CT molecular complexity index is 385. The molecule has 2 rings (SSSR count). The van der Waals surface area contributed by atoms with Crippen LogP contribution in [0.15, 0.2) is 18.3 Å². The van der Waals surface area contributed by atoms with Gasteiger partial charge in [-0.3, -0.25) is 4.79 Å². The van der Waals surface area contributed by atoms with Crippen LogP contribution in [0.4, 0.5) is 5.82 Å². The van der Waals surface area contributed by atoms with Gasteiger partial charge < -0.3 is 11.5 Å². The summed E-state index contributed by atoms with van der Waals surface area (Å²) in [6.45, 7) is 0.465. The molecule has 1 fully saturated rings. The van der Waals surface area contributed by atoms with E-state index in [1.165, 1.54) is 0 Å². The maximum absolute atomic E-state index is 11.9. The first kappa shape index (κ1) is 10.1. The number of hydrogen-bond donors (Lipinski definition) is 2. The van der Waals surface area contributed by atoms with Crippen molar-refractivity contribution in [3.8, 4) is 0 Å². The third-order valence-electron chi connectivity index (χ3n) is 3.05. The average Bonchev–Trinajstić information content (AvgIpc) is 2.98. The lowest BCUT2D eigenvalue weighted by atomic mass is 9.96. The topological polar surface area (TPSA) is 82.0 Å². The van der Waals surface area contributed by atoms with Crippen LogP contribution in [0, 0.1) is 5.41 Å². The van der Waals surface area contributed by atoms with E-state index in [4.69, 9.17) is 11.5 Å². The summed E-state index contributed by atoms with van der Waals surface area (Å²) in [5.74, 6) is 0.688. The lowest BCUT2D eigenvalue weighted by Gasteiger charge is -2.10. The van der Waals surface area contributed by atoms with Gasteiger partial charge in [0.05, 0.1) is 0 Å². The van der Waals surface area contributed by atoms with Gasteiger partial charge in [-0.25, -0.2) is 4.98 Å². The molecule has 1 heterocycles. The van der Waals surface area contributed by atoms with E-state index < -0.39 is 0 Å². The summed E-state index contributed by atoms with van der Waals surface area (Å²) in [6, 6.07) is 3.56. The molecule has 4 nitrogen and oxygen atoms in total. The molecule has 15 heavy (non-hydrogen) atoms. The molecule has 0 amide bonds. The minimum absolute atomic E-state index is 0.224. The first-order valence-electron chi connectivity index (χ1n) is 5.10. The highest BCUT2D eigenvalue weighted by Gasteiger charge is 2.47. The Morgan fingerprint density at radius 2 is 2.27 bits per heavy atom. The highest BCUT2D eigenvalue weighted by Crippen LogP contribution is 2.46. The van der Waals surface area contributed by atoms with Gasteiger partial charge in [0.2, 0.25) is 0 Å². The SMILES string of the molecule is NCC1(C(=O)Cc2ccnc(N)c2)CC1. The van der Waals surface area contributed by atoms with Gasteiger partial charge in [-0.2, -0.15) is 0 Å². The number of nitrogens with two attached hydrogens (primary N) is 2. The molecule has 0 unspecified atom stereocenters. The van der Waals surface area contributed by atoms with Crippen molar-refractivity contribution in [1.82, 2.24) is 4.98 Å². The van der Waals surface area contributed by atoms with E-state index in [9.17, 15) is 4.79 Å². The van der Waals surface area contributed by atoms with Crippen LogP contribution >= 0.6 is 0 Å². The third kappa shape index (κ3) is 1.99. The number of ketones is 1. The molecule has 0 aliphatic heterocycles. The number of aromatic nitrogens is 1. The molecule has 0 saturated heterocycles. The van der Waals surface area contributed by atoms with Crippen LogP contribution in [0.5, 0.6) is 0 Å². The fraction of sp³-hybridized carbons (Fsp3) is 0.455. The maximum atomic E-state index is 11.9. The molecule has 1 aromatic heterocycles. The quantitative estimate of drug-likeness (QED) is 0.750. The summed E-state index contributed by atoms with van der Waals surface area (Å²) in [5.41, 5.74) is 11.8. The van der Waals surface area contributed by atoms with Crippen molar-refractivity contribution in [3.63, 3.8) is 0 Å². The molecule has 4 N–H and O–H groups in total. The van der Waals surface area contributed by atoms with Gasteiger partial charge in [0.25, 0.3) is 0 Å². The second-order valence-corrected chi connectivity index (χ2v) is 4.17. The molecule has 0 spiro atoms. The fourth-order valence-corrected chi connectivity index (χ4v) is 1.72. The zero-order chi connectivity index (χ0) is 10.9. The van der Waals surface area contributed by atoms with Gasteiger partial charge in [0.1, 0.15) is 11.6 Å². The number of rotatable bonds is 4. The minimum Gasteiger partial charge on any atom is -0.384 e. The second-order valence-electron chi connectivity index (χ2n) is 4.17. The number of hydrogen-bond acceptors (Lipinski definition) is 4. The van der Waals surface area contributed by atoms with Gasteiger partial charge in [-0.1, -0.05) is 0 Å². The maximum Gasteiger partial charge on any atom is 0.144 e. The van der Waals surface area contributed by atoms with E-state index >= 15 is 0 Å². The Labute approximate surface area is 88.7 Å². The van der Waals surface area contributed by atoms with Crippen LogP contribution < -0.4 is 11.5 Å². The predicted octanol–water partition coefficient (Wildman–Crippen LogP) is 0.514. The van der Waals surface area contributed by atoms with E-state index in [1.54, 1.807) is 12.3 Å². The Morgan fingerprint density at radius 3 is 2.80 bits per heavy atom. The Kier molecular flexibility index (Phi) is 2.44. The summed E-state index contributed by atoms with van der Waals surface area (Å²) in [6.07, 6.45) is 3.91. The number of nitrogen functional groups attached to an aromatic ring is 1. The Balaban J connectivity index is 2.06. The number of carbonyl (C=O) groups excluding carboxylic acids is 1. The molecular formula is C11H15N3O. The normalized spacial score (nSPS) is 17.4. The number of anilines is 1. The van der Waals surface area contributed by atoms with Crippen LogP contribution in [0.2, 0.25) is 0 Å². The monoisotopic (exact) mass is 205 g/mol. The molecule has 0 atom stereocenters. The number of nitrogens with zero attached hydrogens (tertiary/aromatic N) is 1. The zero-order valence-corrected chi connectivity index (χ0v) is 8.57. The van der Waals surface area contributed by atoms with Crippen molar-refractivity contribution in [2.45, 2.75) is 19.3 Å². The third-order valence-corrected chi connectivity index (χ3v) is 3.05. The predicted molar refractivity (Wildman–Crippen MR) is 58.1 cm³/mol.